The van der Waals surface area contributed by atoms with Gasteiger partial charge in [-0.3, -0.25) is 0 Å². The molecule has 1 heterocycles. The first-order valence-electron chi connectivity index (χ1n) is 6.10. The smallest absolute Gasteiger partial charge is 0.191 e. The van der Waals surface area contributed by atoms with E-state index < -0.39 is 0 Å². The topological polar surface area (TPSA) is 49.6 Å². The van der Waals surface area contributed by atoms with E-state index in [0.29, 0.717) is 12.6 Å². The van der Waals surface area contributed by atoms with Crippen LogP contribution >= 0.6 is 0 Å². The van der Waals surface area contributed by atoms with Crippen LogP contribution in [0.1, 0.15) is 25.5 Å². The quantitative estimate of drug-likeness (QED) is 0.475. The van der Waals surface area contributed by atoms with Crippen LogP contribution < -0.4 is 10.6 Å². The van der Waals surface area contributed by atoms with Gasteiger partial charge in [-0.05, 0) is 31.9 Å². The molecule has 1 aromatic rings. The van der Waals surface area contributed by atoms with Gasteiger partial charge in [0.05, 0.1) is 6.26 Å². The van der Waals surface area contributed by atoms with E-state index >= 15 is 0 Å². The molecule has 0 fully saturated rings. The van der Waals surface area contributed by atoms with Crippen LogP contribution in [0, 0.1) is 0 Å². The molecule has 0 saturated heterocycles. The largest absolute Gasteiger partial charge is 0.467 e. The number of hydrogen-bond donors (Lipinski definition) is 2. The molecule has 0 aliphatic heterocycles. The third kappa shape index (κ3) is 3.66. The lowest BCUT2D eigenvalue weighted by Gasteiger charge is -2.16. The van der Waals surface area contributed by atoms with Crippen LogP contribution in [0.25, 0.3) is 0 Å². The summed E-state index contributed by atoms with van der Waals surface area (Å²) in [7, 11) is 0. The predicted octanol–water partition coefficient (Wildman–Crippen LogP) is 2.05. The normalized spacial score (nSPS) is 16.4. The molecule has 17 heavy (non-hydrogen) atoms. The number of hydrogen-bond acceptors (Lipinski definition) is 2. The fraction of sp³-hybridized carbons (Fsp3) is 0.462. The van der Waals surface area contributed by atoms with E-state index in [4.69, 9.17) is 4.42 Å². The van der Waals surface area contributed by atoms with Crippen molar-refractivity contribution in [3.05, 3.63) is 36.3 Å². The molecule has 0 bridgehead atoms. The van der Waals surface area contributed by atoms with Gasteiger partial charge in [-0.25, -0.2) is 4.99 Å². The molecule has 0 radical (unpaired) electrons. The van der Waals surface area contributed by atoms with Gasteiger partial charge in [0.1, 0.15) is 12.3 Å². The van der Waals surface area contributed by atoms with Crippen molar-refractivity contribution in [2.75, 3.05) is 6.54 Å². The van der Waals surface area contributed by atoms with E-state index in [1.165, 1.54) is 0 Å². The summed E-state index contributed by atoms with van der Waals surface area (Å²) in [6, 6.07) is 4.29. The Morgan fingerprint density at radius 2 is 2.29 bits per heavy atom. The molecule has 0 spiro atoms. The van der Waals surface area contributed by atoms with Gasteiger partial charge in [0, 0.05) is 12.6 Å². The second kappa shape index (κ2) is 6.13. The number of aliphatic imine (C=N–C) groups is 1. The van der Waals surface area contributed by atoms with Crippen LogP contribution in [-0.2, 0) is 6.54 Å². The van der Waals surface area contributed by atoms with Gasteiger partial charge in [-0.2, -0.15) is 0 Å². The Bertz CT molecular complexity index is 373. The Morgan fingerprint density at radius 1 is 1.47 bits per heavy atom. The van der Waals surface area contributed by atoms with Crippen molar-refractivity contribution in [1.82, 2.24) is 10.6 Å². The maximum absolute atomic E-state index is 5.26. The average Bonchev–Trinajstić information content (AvgIpc) is 2.99. The van der Waals surface area contributed by atoms with Gasteiger partial charge in [0.25, 0.3) is 0 Å². The predicted molar refractivity (Wildman–Crippen MR) is 68.8 cm³/mol. The highest BCUT2D eigenvalue weighted by Crippen LogP contribution is 2.09. The van der Waals surface area contributed by atoms with Gasteiger partial charge in [0.2, 0.25) is 0 Å². The summed E-state index contributed by atoms with van der Waals surface area (Å²) in [6.07, 6.45) is 8.23. The minimum absolute atomic E-state index is 0.476. The van der Waals surface area contributed by atoms with E-state index in [0.717, 1.165) is 31.1 Å². The minimum Gasteiger partial charge on any atom is -0.467 e. The summed E-state index contributed by atoms with van der Waals surface area (Å²) in [6.45, 7) is 3.50. The Labute approximate surface area is 102 Å². The van der Waals surface area contributed by atoms with Gasteiger partial charge in [-0.15, -0.1) is 0 Å². The zero-order chi connectivity index (χ0) is 11.9. The zero-order valence-corrected chi connectivity index (χ0v) is 10.1. The van der Waals surface area contributed by atoms with Crippen LogP contribution in [0.15, 0.2) is 40.0 Å². The van der Waals surface area contributed by atoms with E-state index in [1.807, 2.05) is 12.1 Å². The van der Waals surface area contributed by atoms with E-state index in [9.17, 15) is 0 Å². The molecule has 0 atom stereocenters. The van der Waals surface area contributed by atoms with Gasteiger partial charge in [0.15, 0.2) is 5.96 Å². The van der Waals surface area contributed by atoms with Crippen LogP contribution in [-0.4, -0.2) is 18.5 Å². The van der Waals surface area contributed by atoms with Crippen molar-refractivity contribution in [3.63, 3.8) is 0 Å². The fourth-order valence-corrected chi connectivity index (χ4v) is 1.81. The first-order chi connectivity index (χ1) is 8.38. The molecule has 4 heteroatoms. The standard InChI is InChI=1S/C13H19N3O/c1-2-14-13(16-11-6-3-4-7-11)15-10-12-8-5-9-17-12/h3-5,8-9,11H,2,6-7,10H2,1H3,(H2,14,15,16). The van der Waals surface area contributed by atoms with Gasteiger partial charge in [-0.1, -0.05) is 12.2 Å². The maximum atomic E-state index is 5.26. The number of furan rings is 1. The SMILES string of the molecule is CCNC(=NCc1ccco1)NC1CC=CC1. The van der Waals surface area contributed by atoms with Crippen molar-refractivity contribution >= 4 is 5.96 Å². The third-order valence-corrected chi connectivity index (χ3v) is 2.67. The first-order valence-corrected chi connectivity index (χ1v) is 6.10. The number of nitrogens with one attached hydrogen (secondary N) is 2. The Balaban J connectivity index is 1.88. The molecular formula is C13H19N3O. The molecule has 0 unspecified atom stereocenters. The Morgan fingerprint density at radius 3 is 2.94 bits per heavy atom. The zero-order valence-electron chi connectivity index (χ0n) is 10.1. The number of nitrogens with zero attached hydrogens (tertiary/aromatic N) is 1. The second-order valence-corrected chi connectivity index (χ2v) is 4.06. The average molecular weight is 233 g/mol. The summed E-state index contributed by atoms with van der Waals surface area (Å²) >= 11 is 0. The fourth-order valence-electron chi connectivity index (χ4n) is 1.81. The lowest BCUT2D eigenvalue weighted by Crippen LogP contribution is -2.42. The van der Waals surface area contributed by atoms with E-state index in [1.54, 1.807) is 6.26 Å². The third-order valence-electron chi connectivity index (χ3n) is 2.67. The monoisotopic (exact) mass is 233 g/mol. The van der Waals surface area contributed by atoms with Crippen molar-refractivity contribution in [2.45, 2.75) is 32.4 Å². The van der Waals surface area contributed by atoms with Crippen molar-refractivity contribution in [1.29, 1.82) is 0 Å². The molecule has 0 saturated carbocycles. The van der Waals surface area contributed by atoms with E-state index in [-0.39, 0.29) is 0 Å². The highest BCUT2D eigenvalue weighted by atomic mass is 16.3. The Hall–Kier alpha value is -1.71. The molecule has 0 amide bonds. The first kappa shape index (κ1) is 11.8. The summed E-state index contributed by atoms with van der Waals surface area (Å²) < 4.78 is 5.26. The van der Waals surface area contributed by atoms with Crippen LogP contribution in [0.3, 0.4) is 0 Å². The van der Waals surface area contributed by atoms with Gasteiger partial charge >= 0.3 is 0 Å². The molecule has 92 valence electrons. The number of guanidine groups is 1. The van der Waals surface area contributed by atoms with Crippen molar-refractivity contribution in [2.24, 2.45) is 4.99 Å². The molecule has 1 aromatic heterocycles. The van der Waals surface area contributed by atoms with Crippen LogP contribution in [0.2, 0.25) is 0 Å². The molecule has 1 aliphatic carbocycles. The summed E-state index contributed by atoms with van der Waals surface area (Å²) in [4.78, 5) is 4.49. The molecule has 0 aromatic carbocycles. The van der Waals surface area contributed by atoms with Crippen LogP contribution in [0.5, 0.6) is 0 Å². The summed E-state index contributed by atoms with van der Waals surface area (Å²) in [5.41, 5.74) is 0. The van der Waals surface area contributed by atoms with Crippen molar-refractivity contribution < 1.29 is 4.42 Å². The lowest BCUT2D eigenvalue weighted by atomic mass is 10.2. The molecule has 2 N–H and O–H groups in total. The van der Waals surface area contributed by atoms with E-state index in [2.05, 4.69) is 34.7 Å². The molecule has 1 aliphatic rings. The molecule has 2 rings (SSSR count). The highest BCUT2D eigenvalue weighted by molar-refractivity contribution is 5.80. The minimum atomic E-state index is 0.476. The van der Waals surface area contributed by atoms with Crippen molar-refractivity contribution in [3.8, 4) is 0 Å². The summed E-state index contributed by atoms with van der Waals surface area (Å²) in [5, 5.41) is 6.66. The highest BCUT2D eigenvalue weighted by Gasteiger charge is 2.11. The number of rotatable bonds is 4. The van der Waals surface area contributed by atoms with Gasteiger partial charge < -0.3 is 15.1 Å². The summed E-state index contributed by atoms with van der Waals surface area (Å²) in [5.74, 6) is 1.74. The van der Waals surface area contributed by atoms with Crippen LogP contribution in [0.4, 0.5) is 0 Å². The molecule has 4 nitrogen and oxygen atoms in total. The Kier molecular flexibility index (Phi) is 4.24. The maximum Gasteiger partial charge on any atom is 0.191 e. The molecular weight excluding hydrogens is 214 g/mol. The second-order valence-electron chi connectivity index (χ2n) is 4.06. The lowest BCUT2D eigenvalue weighted by molar-refractivity contribution is 0.511.